The number of aromatic nitrogens is 4. The number of carbonyl (C=O) groups is 1. The van der Waals surface area contributed by atoms with Gasteiger partial charge < -0.3 is 5.11 Å². The highest BCUT2D eigenvalue weighted by molar-refractivity contribution is 5.66. The summed E-state index contributed by atoms with van der Waals surface area (Å²) in [6.45, 7) is 2.07. The van der Waals surface area contributed by atoms with E-state index >= 15 is 0 Å². The molecule has 0 aliphatic carbocycles. The summed E-state index contributed by atoms with van der Waals surface area (Å²) in [7, 11) is 0. The van der Waals surface area contributed by atoms with Crippen molar-refractivity contribution >= 4 is 5.97 Å². The van der Waals surface area contributed by atoms with Crippen molar-refractivity contribution in [3.05, 3.63) is 29.6 Å². The molecule has 0 atom stereocenters. The first-order valence-electron chi connectivity index (χ1n) is 5.82. The van der Waals surface area contributed by atoms with Crippen LogP contribution in [0.25, 0.3) is 11.4 Å². The van der Waals surface area contributed by atoms with Crippen LogP contribution < -0.4 is 0 Å². The number of rotatable bonds is 5. The molecule has 1 N–H and O–H groups in total. The molecule has 0 aliphatic rings. The standard InChI is InChI=1S/C12H13FN4O2/c1-8-7-9(4-5-10(8)13)12-14-15-16-17(12)6-2-3-11(18)19/h4-5,7H,2-3,6H2,1H3,(H,18,19). The molecule has 19 heavy (non-hydrogen) atoms. The number of carboxylic acids is 1. The predicted molar refractivity (Wildman–Crippen MR) is 64.8 cm³/mol. The van der Waals surface area contributed by atoms with Gasteiger partial charge in [0, 0.05) is 18.5 Å². The molecule has 0 radical (unpaired) electrons. The lowest BCUT2D eigenvalue weighted by Crippen LogP contribution is -2.05. The molecule has 0 saturated carbocycles. The Balaban J connectivity index is 2.18. The van der Waals surface area contributed by atoms with E-state index in [2.05, 4.69) is 15.5 Å². The molecule has 1 aromatic carbocycles. The molecule has 0 spiro atoms. The van der Waals surface area contributed by atoms with Gasteiger partial charge in [0.25, 0.3) is 0 Å². The van der Waals surface area contributed by atoms with Crippen molar-refractivity contribution in [1.29, 1.82) is 0 Å². The number of benzene rings is 1. The second kappa shape index (κ2) is 5.55. The number of aliphatic carboxylic acids is 1. The molecule has 0 bridgehead atoms. The molecule has 0 amide bonds. The van der Waals surface area contributed by atoms with E-state index in [1.54, 1.807) is 19.1 Å². The first kappa shape index (κ1) is 13.1. The number of halogens is 1. The van der Waals surface area contributed by atoms with E-state index in [9.17, 15) is 9.18 Å². The molecule has 0 aliphatic heterocycles. The fraction of sp³-hybridized carbons (Fsp3) is 0.333. The molecule has 1 heterocycles. The van der Waals surface area contributed by atoms with E-state index < -0.39 is 5.97 Å². The average Bonchev–Trinajstić information content (AvgIpc) is 2.80. The van der Waals surface area contributed by atoms with E-state index in [-0.39, 0.29) is 12.2 Å². The number of tetrazole rings is 1. The van der Waals surface area contributed by atoms with Gasteiger partial charge in [-0.25, -0.2) is 9.07 Å². The minimum Gasteiger partial charge on any atom is -0.481 e. The van der Waals surface area contributed by atoms with Crippen LogP contribution in [0.1, 0.15) is 18.4 Å². The number of nitrogens with zero attached hydrogens (tertiary/aromatic N) is 4. The Labute approximate surface area is 108 Å². The van der Waals surface area contributed by atoms with Crippen LogP contribution in [0.3, 0.4) is 0 Å². The average molecular weight is 264 g/mol. The Morgan fingerprint density at radius 2 is 2.26 bits per heavy atom. The summed E-state index contributed by atoms with van der Waals surface area (Å²) in [5.41, 5.74) is 1.22. The summed E-state index contributed by atoms with van der Waals surface area (Å²) in [6.07, 6.45) is 0.495. The van der Waals surface area contributed by atoms with Gasteiger partial charge in [0.15, 0.2) is 5.82 Å². The van der Waals surface area contributed by atoms with Crippen molar-refractivity contribution in [3.8, 4) is 11.4 Å². The van der Waals surface area contributed by atoms with Gasteiger partial charge in [-0.2, -0.15) is 0 Å². The quantitative estimate of drug-likeness (QED) is 0.888. The summed E-state index contributed by atoms with van der Waals surface area (Å²) in [5, 5.41) is 19.9. The molecule has 2 rings (SSSR count). The zero-order valence-corrected chi connectivity index (χ0v) is 10.4. The number of hydrogen-bond donors (Lipinski definition) is 1. The van der Waals surface area contributed by atoms with Crippen LogP contribution in [0.4, 0.5) is 4.39 Å². The molecular weight excluding hydrogens is 251 g/mol. The monoisotopic (exact) mass is 264 g/mol. The Bertz CT molecular complexity index is 597. The lowest BCUT2D eigenvalue weighted by molar-refractivity contribution is -0.137. The summed E-state index contributed by atoms with van der Waals surface area (Å²) >= 11 is 0. The van der Waals surface area contributed by atoms with Crippen LogP contribution in [0.5, 0.6) is 0 Å². The van der Waals surface area contributed by atoms with Crippen LogP contribution in [-0.4, -0.2) is 31.3 Å². The molecule has 0 saturated heterocycles. The van der Waals surface area contributed by atoms with Gasteiger partial charge in [0.05, 0.1) is 0 Å². The van der Waals surface area contributed by atoms with Crippen molar-refractivity contribution in [2.45, 2.75) is 26.3 Å². The predicted octanol–water partition coefficient (Wildman–Crippen LogP) is 1.65. The largest absolute Gasteiger partial charge is 0.481 e. The van der Waals surface area contributed by atoms with E-state index in [0.29, 0.717) is 29.9 Å². The fourth-order valence-electron chi connectivity index (χ4n) is 1.73. The molecule has 2 aromatic rings. The third-order valence-electron chi connectivity index (χ3n) is 2.71. The number of carboxylic acid groups (broad SMARTS) is 1. The van der Waals surface area contributed by atoms with Gasteiger partial charge in [0.1, 0.15) is 5.82 Å². The summed E-state index contributed by atoms with van der Waals surface area (Å²) in [6, 6.07) is 4.62. The highest BCUT2D eigenvalue weighted by atomic mass is 19.1. The third-order valence-corrected chi connectivity index (χ3v) is 2.71. The lowest BCUT2D eigenvalue weighted by Gasteiger charge is -2.05. The second-order valence-corrected chi connectivity index (χ2v) is 4.19. The minimum atomic E-state index is -0.854. The van der Waals surface area contributed by atoms with Crippen molar-refractivity contribution in [1.82, 2.24) is 20.2 Å². The van der Waals surface area contributed by atoms with Gasteiger partial charge >= 0.3 is 5.97 Å². The minimum absolute atomic E-state index is 0.0573. The first-order valence-corrected chi connectivity index (χ1v) is 5.82. The summed E-state index contributed by atoms with van der Waals surface area (Å²) in [4.78, 5) is 10.5. The molecule has 0 fully saturated rings. The van der Waals surface area contributed by atoms with Crippen molar-refractivity contribution in [3.63, 3.8) is 0 Å². The highest BCUT2D eigenvalue weighted by Gasteiger charge is 2.10. The van der Waals surface area contributed by atoms with E-state index in [1.807, 2.05) is 0 Å². The van der Waals surface area contributed by atoms with E-state index in [1.165, 1.54) is 10.7 Å². The van der Waals surface area contributed by atoms with Crippen LogP contribution in [-0.2, 0) is 11.3 Å². The summed E-state index contributed by atoms with van der Waals surface area (Å²) < 4.78 is 14.7. The Kier molecular flexibility index (Phi) is 3.84. The van der Waals surface area contributed by atoms with Crippen molar-refractivity contribution in [2.75, 3.05) is 0 Å². The second-order valence-electron chi connectivity index (χ2n) is 4.19. The SMILES string of the molecule is Cc1cc(-c2nnnn2CCCC(=O)O)ccc1F. The maximum Gasteiger partial charge on any atom is 0.303 e. The van der Waals surface area contributed by atoms with Crippen molar-refractivity contribution < 1.29 is 14.3 Å². The molecule has 100 valence electrons. The Morgan fingerprint density at radius 3 is 2.95 bits per heavy atom. The molecule has 1 aromatic heterocycles. The number of aryl methyl sites for hydroxylation is 2. The number of hydrogen-bond acceptors (Lipinski definition) is 4. The fourth-order valence-corrected chi connectivity index (χ4v) is 1.73. The van der Waals surface area contributed by atoms with Gasteiger partial charge in [-0.05, 0) is 47.5 Å². The first-order chi connectivity index (χ1) is 9.08. The Morgan fingerprint density at radius 1 is 1.47 bits per heavy atom. The van der Waals surface area contributed by atoms with Gasteiger partial charge in [-0.3, -0.25) is 4.79 Å². The van der Waals surface area contributed by atoms with Crippen molar-refractivity contribution in [2.24, 2.45) is 0 Å². The normalized spacial score (nSPS) is 10.6. The van der Waals surface area contributed by atoms with Crippen LogP contribution in [0.2, 0.25) is 0 Å². The smallest absolute Gasteiger partial charge is 0.303 e. The van der Waals surface area contributed by atoms with E-state index in [0.717, 1.165) is 0 Å². The topological polar surface area (TPSA) is 80.9 Å². The van der Waals surface area contributed by atoms with Gasteiger partial charge in [-0.15, -0.1) is 5.10 Å². The van der Waals surface area contributed by atoms with E-state index in [4.69, 9.17) is 5.11 Å². The maximum absolute atomic E-state index is 13.2. The van der Waals surface area contributed by atoms with Gasteiger partial charge in [0.2, 0.25) is 0 Å². The lowest BCUT2D eigenvalue weighted by atomic mass is 10.1. The Hall–Kier alpha value is -2.31. The molecule has 6 nitrogen and oxygen atoms in total. The van der Waals surface area contributed by atoms with Gasteiger partial charge in [-0.1, -0.05) is 0 Å². The summed E-state index contributed by atoms with van der Waals surface area (Å²) in [5.74, 6) is -0.630. The zero-order valence-electron chi connectivity index (χ0n) is 10.4. The maximum atomic E-state index is 13.2. The van der Waals surface area contributed by atoms with Crippen LogP contribution in [0, 0.1) is 12.7 Å². The molecular formula is C12H13FN4O2. The third kappa shape index (κ3) is 3.12. The molecule has 7 heteroatoms. The highest BCUT2D eigenvalue weighted by Crippen LogP contribution is 2.19. The van der Waals surface area contributed by atoms with Crippen LogP contribution >= 0.6 is 0 Å². The zero-order chi connectivity index (χ0) is 13.8. The van der Waals surface area contributed by atoms with Crippen LogP contribution in [0.15, 0.2) is 18.2 Å². The molecule has 0 unspecified atom stereocenters.